The Morgan fingerprint density at radius 1 is 1.35 bits per heavy atom. The fraction of sp³-hybridized carbons (Fsp3) is 0.769. The number of imidazole rings is 1. The molecule has 0 radical (unpaired) electrons. The molecule has 0 aliphatic heterocycles. The van der Waals surface area contributed by atoms with Crippen molar-refractivity contribution in [3.63, 3.8) is 0 Å². The molecule has 0 fully saturated rings. The minimum atomic E-state index is 0.461. The molecule has 0 aliphatic carbocycles. The van der Waals surface area contributed by atoms with Gasteiger partial charge in [0.2, 0.25) is 5.95 Å². The van der Waals surface area contributed by atoms with Crippen LogP contribution in [0.15, 0.2) is 12.4 Å². The standard InChI is InChI=1S/C13H26N4/c1-5-16(6-2)10-7-8-14-13-15-9-11-17(13)12(3)4/h9,11-12H,5-8,10H2,1-4H3,(H,14,15). The molecule has 0 saturated heterocycles. The van der Waals surface area contributed by atoms with Crippen molar-refractivity contribution in [3.05, 3.63) is 12.4 Å². The van der Waals surface area contributed by atoms with Gasteiger partial charge in [0.25, 0.3) is 0 Å². The Labute approximate surface area is 105 Å². The molecule has 1 heterocycles. The molecule has 0 aliphatic rings. The van der Waals surface area contributed by atoms with Crippen molar-refractivity contribution < 1.29 is 0 Å². The van der Waals surface area contributed by atoms with E-state index in [1.807, 2.05) is 12.4 Å². The van der Waals surface area contributed by atoms with Gasteiger partial charge in [0.15, 0.2) is 0 Å². The van der Waals surface area contributed by atoms with E-state index in [0.29, 0.717) is 6.04 Å². The van der Waals surface area contributed by atoms with Crippen LogP contribution in [0.5, 0.6) is 0 Å². The van der Waals surface area contributed by atoms with E-state index in [4.69, 9.17) is 0 Å². The van der Waals surface area contributed by atoms with Gasteiger partial charge in [-0.3, -0.25) is 0 Å². The molecular formula is C13H26N4. The van der Waals surface area contributed by atoms with Crippen molar-refractivity contribution in [3.8, 4) is 0 Å². The lowest BCUT2D eigenvalue weighted by molar-refractivity contribution is 0.303. The van der Waals surface area contributed by atoms with E-state index in [9.17, 15) is 0 Å². The minimum Gasteiger partial charge on any atom is -0.356 e. The van der Waals surface area contributed by atoms with Crippen LogP contribution in [-0.4, -0.2) is 40.6 Å². The van der Waals surface area contributed by atoms with E-state index in [0.717, 1.165) is 38.5 Å². The Balaban J connectivity index is 2.28. The fourth-order valence-electron chi connectivity index (χ4n) is 1.91. The predicted octanol–water partition coefficient (Wildman–Crippen LogP) is 2.61. The predicted molar refractivity (Wildman–Crippen MR) is 73.5 cm³/mol. The van der Waals surface area contributed by atoms with Crippen LogP contribution in [-0.2, 0) is 0 Å². The van der Waals surface area contributed by atoms with Crippen molar-refractivity contribution in [2.24, 2.45) is 0 Å². The number of aromatic nitrogens is 2. The summed E-state index contributed by atoms with van der Waals surface area (Å²) >= 11 is 0. The number of rotatable bonds is 8. The SMILES string of the molecule is CCN(CC)CCCNc1nccn1C(C)C. The molecule has 0 saturated carbocycles. The second kappa shape index (κ2) is 7.33. The minimum absolute atomic E-state index is 0.461. The smallest absolute Gasteiger partial charge is 0.203 e. The zero-order valence-electron chi connectivity index (χ0n) is 11.6. The molecule has 1 N–H and O–H groups in total. The molecule has 1 aromatic rings. The first kappa shape index (κ1) is 14.0. The third kappa shape index (κ3) is 4.38. The average molecular weight is 238 g/mol. The van der Waals surface area contributed by atoms with Crippen molar-refractivity contribution in [2.45, 2.75) is 40.2 Å². The van der Waals surface area contributed by atoms with Crippen molar-refractivity contribution in [1.29, 1.82) is 0 Å². The number of hydrogen-bond acceptors (Lipinski definition) is 3. The first-order valence-electron chi connectivity index (χ1n) is 6.68. The normalized spacial score (nSPS) is 11.4. The molecule has 4 nitrogen and oxygen atoms in total. The van der Waals surface area contributed by atoms with Crippen LogP contribution < -0.4 is 5.32 Å². The maximum atomic E-state index is 4.33. The molecule has 17 heavy (non-hydrogen) atoms. The number of hydrogen-bond donors (Lipinski definition) is 1. The van der Waals surface area contributed by atoms with E-state index in [1.54, 1.807) is 0 Å². The average Bonchev–Trinajstić information content (AvgIpc) is 2.78. The van der Waals surface area contributed by atoms with Gasteiger partial charge in [-0.25, -0.2) is 4.98 Å². The molecule has 1 rings (SSSR count). The summed E-state index contributed by atoms with van der Waals surface area (Å²) in [4.78, 5) is 6.77. The first-order chi connectivity index (χ1) is 8.19. The maximum Gasteiger partial charge on any atom is 0.203 e. The van der Waals surface area contributed by atoms with Crippen molar-refractivity contribution >= 4 is 5.95 Å². The number of anilines is 1. The van der Waals surface area contributed by atoms with E-state index in [-0.39, 0.29) is 0 Å². The highest BCUT2D eigenvalue weighted by molar-refractivity contribution is 5.26. The number of nitrogens with one attached hydrogen (secondary N) is 1. The lowest BCUT2D eigenvalue weighted by Gasteiger charge is -2.18. The molecule has 0 unspecified atom stereocenters. The Hall–Kier alpha value is -1.03. The summed E-state index contributed by atoms with van der Waals surface area (Å²) in [6, 6.07) is 0.461. The molecule has 0 spiro atoms. The quantitative estimate of drug-likeness (QED) is 0.707. The Morgan fingerprint density at radius 2 is 2.06 bits per heavy atom. The van der Waals surface area contributed by atoms with Crippen LogP contribution in [0.25, 0.3) is 0 Å². The van der Waals surface area contributed by atoms with Crippen molar-refractivity contribution in [2.75, 3.05) is 31.5 Å². The highest BCUT2D eigenvalue weighted by Gasteiger charge is 2.04. The van der Waals surface area contributed by atoms with Crippen LogP contribution in [0.4, 0.5) is 5.95 Å². The molecular weight excluding hydrogens is 212 g/mol. The van der Waals surface area contributed by atoms with Gasteiger partial charge in [0.1, 0.15) is 0 Å². The molecule has 0 atom stereocenters. The molecule has 1 aromatic heterocycles. The summed E-state index contributed by atoms with van der Waals surface area (Å²) in [5.41, 5.74) is 0. The monoisotopic (exact) mass is 238 g/mol. The van der Waals surface area contributed by atoms with Gasteiger partial charge in [-0.1, -0.05) is 13.8 Å². The van der Waals surface area contributed by atoms with E-state index >= 15 is 0 Å². The van der Waals surface area contributed by atoms with Crippen LogP contribution >= 0.6 is 0 Å². The largest absolute Gasteiger partial charge is 0.356 e. The fourth-order valence-corrected chi connectivity index (χ4v) is 1.91. The van der Waals surface area contributed by atoms with Gasteiger partial charge >= 0.3 is 0 Å². The summed E-state index contributed by atoms with van der Waals surface area (Å²) in [5, 5.41) is 3.40. The molecule has 4 heteroatoms. The van der Waals surface area contributed by atoms with E-state index in [1.165, 1.54) is 0 Å². The summed E-state index contributed by atoms with van der Waals surface area (Å²) in [7, 11) is 0. The van der Waals surface area contributed by atoms with Crippen LogP contribution in [0.1, 0.15) is 40.2 Å². The van der Waals surface area contributed by atoms with Gasteiger partial charge in [0, 0.05) is 25.0 Å². The zero-order valence-corrected chi connectivity index (χ0v) is 11.6. The second-order valence-electron chi connectivity index (χ2n) is 4.56. The maximum absolute atomic E-state index is 4.33. The Kier molecular flexibility index (Phi) is 6.05. The highest BCUT2D eigenvalue weighted by atomic mass is 15.2. The summed E-state index contributed by atoms with van der Waals surface area (Å²) in [6.07, 6.45) is 5.04. The van der Waals surface area contributed by atoms with Crippen LogP contribution in [0, 0.1) is 0 Å². The second-order valence-corrected chi connectivity index (χ2v) is 4.56. The van der Waals surface area contributed by atoms with E-state index < -0.39 is 0 Å². The third-order valence-corrected chi connectivity index (χ3v) is 3.05. The lowest BCUT2D eigenvalue weighted by atomic mass is 10.3. The summed E-state index contributed by atoms with van der Waals surface area (Å²) < 4.78 is 2.16. The zero-order chi connectivity index (χ0) is 12.7. The molecule has 0 bridgehead atoms. The molecule has 0 aromatic carbocycles. The third-order valence-electron chi connectivity index (χ3n) is 3.05. The topological polar surface area (TPSA) is 33.1 Å². The van der Waals surface area contributed by atoms with Crippen LogP contribution in [0.2, 0.25) is 0 Å². The van der Waals surface area contributed by atoms with Gasteiger partial charge in [0.05, 0.1) is 0 Å². The molecule has 0 amide bonds. The highest BCUT2D eigenvalue weighted by Crippen LogP contribution is 2.12. The first-order valence-corrected chi connectivity index (χ1v) is 6.68. The van der Waals surface area contributed by atoms with Gasteiger partial charge in [-0.05, 0) is 39.9 Å². The Morgan fingerprint density at radius 3 is 2.65 bits per heavy atom. The Bertz CT molecular complexity index is 302. The summed E-state index contributed by atoms with van der Waals surface area (Å²) in [5.74, 6) is 0.986. The molecule has 98 valence electrons. The van der Waals surface area contributed by atoms with E-state index in [2.05, 4.69) is 47.5 Å². The number of nitrogens with zero attached hydrogens (tertiary/aromatic N) is 3. The van der Waals surface area contributed by atoms with Crippen molar-refractivity contribution in [1.82, 2.24) is 14.5 Å². The van der Waals surface area contributed by atoms with Gasteiger partial charge < -0.3 is 14.8 Å². The van der Waals surface area contributed by atoms with Gasteiger partial charge in [-0.15, -0.1) is 0 Å². The summed E-state index contributed by atoms with van der Waals surface area (Å²) in [6.45, 7) is 13.2. The van der Waals surface area contributed by atoms with Crippen LogP contribution in [0.3, 0.4) is 0 Å². The van der Waals surface area contributed by atoms with Gasteiger partial charge in [-0.2, -0.15) is 0 Å². The lowest BCUT2D eigenvalue weighted by Crippen LogP contribution is -2.25.